The number of aliphatic imine (C=N–C) groups is 1. The van der Waals surface area contributed by atoms with Crippen molar-refractivity contribution in [3.05, 3.63) is 11.8 Å². The summed E-state index contributed by atoms with van der Waals surface area (Å²) in [6.45, 7) is 5.93. The first-order chi connectivity index (χ1) is 4.20. The average molecular weight is 125 g/mol. The molecule has 2 nitrogen and oxygen atoms in total. The van der Waals surface area contributed by atoms with E-state index in [4.69, 9.17) is 4.74 Å². The molecule has 0 spiro atoms. The van der Waals surface area contributed by atoms with E-state index >= 15 is 0 Å². The standard InChI is InChI=1S/C7H11NO/c1-5-4-9-7(3)8-6(5)2/h4,6H,1-3H3. The molecule has 0 fully saturated rings. The number of nitrogens with zero attached hydrogens (tertiary/aromatic N) is 1. The van der Waals surface area contributed by atoms with Gasteiger partial charge in [-0.2, -0.15) is 0 Å². The van der Waals surface area contributed by atoms with Gasteiger partial charge < -0.3 is 4.74 Å². The van der Waals surface area contributed by atoms with Gasteiger partial charge in [0, 0.05) is 6.92 Å². The first-order valence-corrected chi connectivity index (χ1v) is 3.08. The van der Waals surface area contributed by atoms with Gasteiger partial charge in [-0.05, 0) is 19.4 Å². The molecule has 1 heterocycles. The Kier molecular flexibility index (Phi) is 1.56. The minimum atomic E-state index is 0.304. The van der Waals surface area contributed by atoms with E-state index in [1.54, 1.807) is 6.26 Å². The minimum absolute atomic E-state index is 0.304. The van der Waals surface area contributed by atoms with Gasteiger partial charge in [-0.1, -0.05) is 0 Å². The summed E-state index contributed by atoms with van der Waals surface area (Å²) in [5, 5.41) is 0. The fraction of sp³-hybridized carbons (Fsp3) is 0.571. The number of ether oxygens (including phenoxy) is 1. The number of hydrogen-bond donors (Lipinski definition) is 0. The summed E-state index contributed by atoms with van der Waals surface area (Å²) in [4.78, 5) is 4.19. The van der Waals surface area contributed by atoms with Crippen molar-refractivity contribution in [2.24, 2.45) is 4.99 Å². The van der Waals surface area contributed by atoms with Crippen LogP contribution in [0, 0.1) is 0 Å². The van der Waals surface area contributed by atoms with Gasteiger partial charge in [0.05, 0.1) is 12.3 Å². The molecule has 1 aliphatic rings. The molecule has 0 aromatic heterocycles. The third-order valence-electron chi connectivity index (χ3n) is 1.45. The Bertz CT molecular complexity index is 170. The average Bonchev–Trinajstić information content (AvgIpc) is 1.80. The molecule has 1 rings (SSSR count). The van der Waals surface area contributed by atoms with Crippen molar-refractivity contribution < 1.29 is 4.74 Å². The van der Waals surface area contributed by atoms with Crippen LogP contribution in [0.4, 0.5) is 0 Å². The molecule has 0 aromatic carbocycles. The van der Waals surface area contributed by atoms with Crippen LogP contribution in [0.1, 0.15) is 20.8 Å². The second-order valence-corrected chi connectivity index (χ2v) is 2.30. The topological polar surface area (TPSA) is 21.6 Å². The molecule has 1 atom stereocenters. The minimum Gasteiger partial charge on any atom is -0.451 e. The SMILES string of the molecule is CC1=COC(C)=NC1C. The van der Waals surface area contributed by atoms with E-state index in [0.717, 1.165) is 5.90 Å². The van der Waals surface area contributed by atoms with Gasteiger partial charge in [-0.15, -0.1) is 0 Å². The summed E-state index contributed by atoms with van der Waals surface area (Å²) in [7, 11) is 0. The van der Waals surface area contributed by atoms with Crippen molar-refractivity contribution in [3.8, 4) is 0 Å². The molecule has 2 heteroatoms. The van der Waals surface area contributed by atoms with Crippen molar-refractivity contribution in [2.75, 3.05) is 0 Å². The molecule has 0 bridgehead atoms. The fourth-order valence-electron chi connectivity index (χ4n) is 0.682. The molecule has 0 radical (unpaired) electrons. The zero-order valence-corrected chi connectivity index (χ0v) is 6.01. The van der Waals surface area contributed by atoms with Gasteiger partial charge in [0.25, 0.3) is 0 Å². The van der Waals surface area contributed by atoms with Gasteiger partial charge in [0.1, 0.15) is 0 Å². The lowest BCUT2D eigenvalue weighted by Gasteiger charge is -2.13. The molecule has 50 valence electrons. The maximum atomic E-state index is 5.05. The summed E-state index contributed by atoms with van der Waals surface area (Å²) in [6.07, 6.45) is 1.76. The lowest BCUT2D eigenvalue weighted by molar-refractivity contribution is 0.438. The molecule has 9 heavy (non-hydrogen) atoms. The number of hydrogen-bond acceptors (Lipinski definition) is 2. The van der Waals surface area contributed by atoms with E-state index in [1.807, 2.05) is 13.8 Å². The number of rotatable bonds is 0. The predicted octanol–water partition coefficient (Wildman–Crippen LogP) is 1.73. The lowest BCUT2D eigenvalue weighted by atomic mass is 10.2. The maximum Gasteiger partial charge on any atom is 0.186 e. The molecule has 0 saturated heterocycles. The zero-order chi connectivity index (χ0) is 6.85. The van der Waals surface area contributed by atoms with E-state index < -0.39 is 0 Å². The molecule has 0 amide bonds. The summed E-state index contributed by atoms with van der Waals surface area (Å²) < 4.78 is 5.05. The van der Waals surface area contributed by atoms with E-state index in [0.29, 0.717) is 6.04 Å². The van der Waals surface area contributed by atoms with E-state index in [9.17, 15) is 0 Å². The Hall–Kier alpha value is -0.790. The first-order valence-electron chi connectivity index (χ1n) is 3.08. The van der Waals surface area contributed by atoms with Gasteiger partial charge in [0.15, 0.2) is 5.90 Å². The third kappa shape index (κ3) is 1.31. The molecule has 0 N–H and O–H groups in total. The fourth-order valence-corrected chi connectivity index (χ4v) is 0.682. The zero-order valence-electron chi connectivity index (χ0n) is 6.01. The largest absolute Gasteiger partial charge is 0.451 e. The summed E-state index contributed by atoms with van der Waals surface area (Å²) in [5.74, 6) is 0.758. The quantitative estimate of drug-likeness (QED) is 0.483. The van der Waals surface area contributed by atoms with E-state index in [2.05, 4.69) is 11.9 Å². The van der Waals surface area contributed by atoms with Crippen LogP contribution in [-0.2, 0) is 4.74 Å². The van der Waals surface area contributed by atoms with Crippen LogP contribution >= 0.6 is 0 Å². The summed E-state index contributed by atoms with van der Waals surface area (Å²) in [6, 6.07) is 0.304. The second-order valence-electron chi connectivity index (χ2n) is 2.30. The highest BCUT2D eigenvalue weighted by molar-refractivity contribution is 5.75. The van der Waals surface area contributed by atoms with Gasteiger partial charge >= 0.3 is 0 Å². The van der Waals surface area contributed by atoms with Crippen molar-refractivity contribution >= 4 is 5.90 Å². The van der Waals surface area contributed by atoms with Crippen LogP contribution in [0.5, 0.6) is 0 Å². The van der Waals surface area contributed by atoms with Crippen LogP contribution in [-0.4, -0.2) is 11.9 Å². The molecular weight excluding hydrogens is 114 g/mol. The maximum absolute atomic E-state index is 5.05. The molecule has 0 saturated carbocycles. The predicted molar refractivity (Wildman–Crippen MR) is 37.4 cm³/mol. The molecule has 1 unspecified atom stereocenters. The molecular formula is C7H11NO. The van der Waals surface area contributed by atoms with Crippen molar-refractivity contribution in [2.45, 2.75) is 26.8 Å². The molecule has 0 aromatic rings. The van der Waals surface area contributed by atoms with Crippen molar-refractivity contribution in [1.82, 2.24) is 0 Å². The van der Waals surface area contributed by atoms with Gasteiger partial charge in [-0.25, -0.2) is 4.99 Å². The van der Waals surface area contributed by atoms with Crippen LogP contribution < -0.4 is 0 Å². The van der Waals surface area contributed by atoms with Crippen LogP contribution in [0.25, 0.3) is 0 Å². The van der Waals surface area contributed by atoms with Crippen LogP contribution in [0.15, 0.2) is 16.8 Å². The van der Waals surface area contributed by atoms with Crippen molar-refractivity contribution in [1.29, 1.82) is 0 Å². The molecule has 0 aliphatic carbocycles. The second kappa shape index (κ2) is 2.21. The highest BCUT2D eigenvalue weighted by atomic mass is 16.5. The van der Waals surface area contributed by atoms with Crippen LogP contribution in [0.2, 0.25) is 0 Å². The van der Waals surface area contributed by atoms with Gasteiger partial charge in [-0.3, -0.25) is 0 Å². The Morgan fingerprint density at radius 2 is 2.22 bits per heavy atom. The van der Waals surface area contributed by atoms with E-state index in [1.165, 1.54) is 5.57 Å². The normalized spacial score (nSPS) is 26.3. The Morgan fingerprint density at radius 1 is 1.56 bits per heavy atom. The first kappa shape index (κ1) is 6.33. The van der Waals surface area contributed by atoms with Crippen molar-refractivity contribution in [3.63, 3.8) is 0 Å². The highest BCUT2D eigenvalue weighted by Gasteiger charge is 2.07. The lowest BCUT2D eigenvalue weighted by Crippen LogP contribution is -2.11. The highest BCUT2D eigenvalue weighted by Crippen LogP contribution is 2.10. The third-order valence-corrected chi connectivity index (χ3v) is 1.45. The van der Waals surface area contributed by atoms with Gasteiger partial charge in [0.2, 0.25) is 0 Å². The summed E-state index contributed by atoms with van der Waals surface area (Å²) in [5.41, 5.74) is 1.18. The Labute approximate surface area is 55.2 Å². The Morgan fingerprint density at radius 3 is 2.67 bits per heavy atom. The molecule has 1 aliphatic heterocycles. The summed E-state index contributed by atoms with van der Waals surface area (Å²) >= 11 is 0. The monoisotopic (exact) mass is 125 g/mol. The van der Waals surface area contributed by atoms with Crippen LogP contribution in [0.3, 0.4) is 0 Å². The Balaban J connectivity index is 2.70. The smallest absolute Gasteiger partial charge is 0.186 e. The van der Waals surface area contributed by atoms with E-state index in [-0.39, 0.29) is 0 Å².